The number of rotatable bonds is 1. The van der Waals surface area contributed by atoms with E-state index in [1.807, 2.05) is 0 Å². The molecule has 21 heavy (non-hydrogen) atoms. The minimum atomic E-state index is 0. The smallest absolute Gasteiger partial charge is 1.00 e. The molecule has 0 atom stereocenters. The molecule has 1 heteroatoms. The van der Waals surface area contributed by atoms with Gasteiger partial charge in [0.05, 0.1) is 0 Å². The van der Waals surface area contributed by atoms with E-state index in [-0.39, 0.29) is 6.84 Å². The van der Waals surface area contributed by atoms with Gasteiger partial charge in [0.2, 0.25) is 0 Å². The SMILES string of the molecule is CC1=[C-]C(C)(C)C(C)=C1C.C[C](=[Zr+2])C1=C(C)C(C)=C(C)C1.[H-]. The van der Waals surface area contributed by atoms with Gasteiger partial charge < -0.3 is 1.43 Å². The normalized spacial score (nSPS) is 20.8. The Labute approximate surface area is 147 Å². The van der Waals surface area contributed by atoms with Crippen LogP contribution in [-0.4, -0.2) is 3.21 Å². The Morgan fingerprint density at radius 3 is 1.67 bits per heavy atom. The van der Waals surface area contributed by atoms with Gasteiger partial charge in [0.1, 0.15) is 0 Å². The summed E-state index contributed by atoms with van der Waals surface area (Å²) in [6.07, 6.45) is 4.64. The Balaban J connectivity index is 0.000000385. The van der Waals surface area contributed by atoms with Crippen LogP contribution >= 0.6 is 0 Å². The predicted molar refractivity (Wildman–Crippen MR) is 92.1 cm³/mol. The van der Waals surface area contributed by atoms with Crippen LogP contribution in [0.5, 0.6) is 0 Å². The van der Waals surface area contributed by atoms with Crippen molar-refractivity contribution in [2.45, 2.75) is 68.7 Å². The molecule has 0 N–H and O–H groups in total. The van der Waals surface area contributed by atoms with E-state index < -0.39 is 0 Å². The Kier molecular flexibility index (Phi) is 6.13. The van der Waals surface area contributed by atoms with E-state index in [1.165, 1.54) is 34.3 Å². The standard InChI is InChI=1S/C10H15.C10H14.Zr.H/c1-7-6-10(4,5)9(3)8(7)2;1-5-10-6-7(2)8(3)9(10)4;;/h1-5H3;6H2,1-4H3;;/q-1;;+2;-1. The quantitative estimate of drug-likeness (QED) is 0.502. The summed E-state index contributed by atoms with van der Waals surface area (Å²) >= 11 is 1.56. The zero-order valence-electron chi connectivity index (χ0n) is 16.2. The molecule has 2 aliphatic carbocycles. The molecular formula is C20H30Zr. The largest absolute Gasteiger partial charge is 1.00 e. The maximum atomic E-state index is 3.44. The minimum absolute atomic E-state index is 0. The van der Waals surface area contributed by atoms with Crippen molar-refractivity contribution in [1.82, 2.24) is 0 Å². The van der Waals surface area contributed by atoms with Crippen molar-refractivity contribution in [3.63, 3.8) is 0 Å². The second-order valence-electron chi connectivity index (χ2n) is 6.94. The van der Waals surface area contributed by atoms with Crippen molar-refractivity contribution in [1.29, 1.82) is 0 Å². The van der Waals surface area contributed by atoms with Gasteiger partial charge in [-0.3, -0.25) is 6.08 Å². The van der Waals surface area contributed by atoms with Gasteiger partial charge in [-0.2, -0.15) is 11.1 Å². The third kappa shape index (κ3) is 4.13. The molecule has 0 radical (unpaired) electrons. The average molecular weight is 362 g/mol. The third-order valence-corrected chi connectivity index (χ3v) is 5.85. The molecular weight excluding hydrogens is 331 g/mol. The molecule has 0 aliphatic heterocycles. The maximum Gasteiger partial charge on any atom is -1.00 e. The first kappa shape index (κ1) is 18.8. The molecule has 2 aliphatic rings. The summed E-state index contributed by atoms with van der Waals surface area (Å²) in [5, 5.41) is 0. The Morgan fingerprint density at radius 2 is 1.52 bits per heavy atom. The summed E-state index contributed by atoms with van der Waals surface area (Å²) in [6.45, 7) is 19.9. The van der Waals surface area contributed by atoms with E-state index in [0.717, 1.165) is 0 Å². The number of allylic oxidation sites excluding steroid dienone is 8. The van der Waals surface area contributed by atoms with Crippen LogP contribution in [0.25, 0.3) is 0 Å². The molecule has 0 aromatic heterocycles. The van der Waals surface area contributed by atoms with Crippen molar-refractivity contribution in [2.75, 3.05) is 0 Å². The third-order valence-electron chi connectivity index (χ3n) is 5.11. The summed E-state index contributed by atoms with van der Waals surface area (Å²) in [5.41, 5.74) is 10.6. The van der Waals surface area contributed by atoms with Crippen LogP contribution in [-0.2, 0) is 24.2 Å². The summed E-state index contributed by atoms with van der Waals surface area (Å²) in [4.78, 5) is 0. The van der Waals surface area contributed by atoms with Crippen LogP contribution in [0.4, 0.5) is 0 Å². The summed E-state index contributed by atoms with van der Waals surface area (Å²) in [5.74, 6) is 0. The minimum Gasteiger partial charge on any atom is -1.00 e. The Morgan fingerprint density at radius 1 is 1.00 bits per heavy atom. The van der Waals surface area contributed by atoms with Crippen molar-refractivity contribution in [3.8, 4) is 0 Å². The van der Waals surface area contributed by atoms with Gasteiger partial charge >= 0.3 is 83.8 Å². The van der Waals surface area contributed by atoms with E-state index in [4.69, 9.17) is 0 Å². The molecule has 2 rings (SSSR count). The zero-order valence-corrected chi connectivity index (χ0v) is 17.7. The van der Waals surface area contributed by atoms with Crippen LogP contribution in [0, 0.1) is 11.5 Å². The predicted octanol–water partition coefficient (Wildman–Crippen LogP) is 6.01. The molecule has 114 valence electrons. The fraction of sp³-hybridized carbons (Fsp3) is 0.550. The molecule has 0 nitrogen and oxygen atoms in total. The molecule has 0 fully saturated rings. The Hall–Kier alpha value is -0.287. The fourth-order valence-corrected chi connectivity index (χ4v) is 3.57. The fourth-order valence-electron chi connectivity index (χ4n) is 2.90. The van der Waals surface area contributed by atoms with Crippen LogP contribution in [0.3, 0.4) is 0 Å². The molecule has 0 heterocycles. The van der Waals surface area contributed by atoms with E-state index >= 15 is 0 Å². The monoisotopic (exact) mass is 360 g/mol. The first-order valence-electron chi connectivity index (χ1n) is 7.71. The van der Waals surface area contributed by atoms with E-state index in [2.05, 4.69) is 68.4 Å². The van der Waals surface area contributed by atoms with E-state index in [1.54, 1.807) is 38.6 Å². The van der Waals surface area contributed by atoms with Gasteiger partial charge in [-0.05, 0) is 0 Å². The molecule has 0 spiro atoms. The van der Waals surface area contributed by atoms with Crippen molar-refractivity contribution < 1.29 is 25.7 Å². The van der Waals surface area contributed by atoms with Gasteiger partial charge in [0.15, 0.2) is 0 Å². The van der Waals surface area contributed by atoms with Gasteiger partial charge in [-0.15, -0.1) is 6.92 Å². The molecule has 0 aromatic rings. The molecule has 0 saturated carbocycles. The topological polar surface area (TPSA) is 0 Å². The second kappa shape index (κ2) is 6.86. The first-order chi connectivity index (χ1) is 9.49. The van der Waals surface area contributed by atoms with Gasteiger partial charge in [-0.1, -0.05) is 33.1 Å². The summed E-state index contributed by atoms with van der Waals surface area (Å²) in [6, 6.07) is 0. The van der Waals surface area contributed by atoms with Crippen LogP contribution in [0.2, 0.25) is 0 Å². The van der Waals surface area contributed by atoms with E-state index in [0.29, 0.717) is 0 Å². The number of hydrogen-bond acceptors (Lipinski definition) is 0. The molecule has 0 saturated heterocycles. The Bertz CT molecular complexity index is 595. The molecule has 0 amide bonds. The zero-order chi connectivity index (χ0) is 16.5. The van der Waals surface area contributed by atoms with Crippen LogP contribution < -0.4 is 0 Å². The number of hydrogen-bond donors (Lipinski definition) is 0. The van der Waals surface area contributed by atoms with Gasteiger partial charge in [-0.25, -0.2) is 5.57 Å². The second-order valence-corrected chi connectivity index (χ2v) is 8.78. The van der Waals surface area contributed by atoms with Gasteiger partial charge in [0.25, 0.3) is 0 Å². The van der Waals surface area contributed by atoms with Crippen molar-refractivity contribution in [2.24, 2.45) is 5.41 Å². The van der Waals surface area contributed by atoms with Crippen LogP contribution in [0.1, 0.15) is 70.2 Å². The van der Waals surface area contributed by atoms with Crippen molar-refractivity contribution >= 4 is 3.21 Å². The molecule has 0 aromatic carbocycles. The molecule has 0 unspecified atom stereocenters. The van der Waals surface area contributed by atoms with Gasteiger partial charge in [0, 0.05) is 0 Å². The van der Waals surface area contributed by atoms with Crippen LogP contribution in [0.15, 0.2) is 39.0 Å². The van der Waals surface area contributed by atoms with Crippen molar-refractivity contribution in [3.05, 3.63) is 45.1 Å². The summed E-state index contributed by atoms with van der Waals surface area (Å²) < 4.78 is 1.56. The van der Waals surface area contributed by atoms with E-state index in [9.17, 15) is 0 Å². The average Bonchev–Trinajstić information content (AvgIpc) is 2.73. The first-order valence-corrected chi connectivity index (χ1v) is 8.94. The molecule has 0 bridgehead atoms. The summed E-state index contributed by atoms with van der Waals surface area (Å²) in [7, 11) is 0. The maximum absolute atomic E-state index is 3.44.